The van der Waals surface area contributed by atoms with Gasteiger partial charge in [0.2, 0.25) is 11.8 Å². The SMILES string of the molecule is C=CCCC1(C(C)C)C(=O)N(C/C(C)=C/c2ccccc2CC=C)C(=O)N(C/C(C)=C/c2ccccc2CC=C)C1=O. The fraction of sp³-hybridized carbons (Fsp3) is 0.324. The molecule has 0 N–H and O–H groups in total. The topological polar surface area (TPSA) is 57.7 Å². The number of carbonyl (C=O) groups is 3. The van der Waals surface area contributed by atoms with Crippen LogP contribution >= 0.6 is 0 Å². The Balaban J connectivity index is 2.04. The Labute approximate surface area is 251 Å². The number of barbiturate groups is 1. The number of nitrogens with zero attached hydrogens (tertiary/aromatic N) is 2. The smallest absolute Gasteiger partial charge is 0.273 e. The van der Waals surface area contributed by atoms with Gasteiger partial charge in [0.25, 0.3) is 0 Å². The van der Waals surface area contributed by atoms with Crippen LogP contribution in [0.5, 0.6) is 0 Å². The third kappa shape index (κ3) is 6.96. The Morgan fingerprint density at radius 2 is 1.17 bits per heavy atom. The van der Waals surface area contributed by atoms with Gasteiger partial charge in [-0.05, 0) is 67.7 Å². The lowest BCUT2D eigenvalue weighted by Gasteiger charge is -2.46. The van der Waals surface area contributed by atoms with Crippen molar-refractivity contribution in [2.24, 2.45) is 11.3 Å². The highest BCUT2D eigenvalue weighted by atomic mass is 16.2. The molecule has 220 valence electrons. The van der Waals surface area contributed by atoms with Crippen LogP contribution in [0.3, 0.4) is 0 Å². The molecule has 0 atom stereocenters. The van der Waals surface area contributed by atoms with Crippen molar-refractivity contribution in [3.05, 3.63) is 120 Å². The standard InChI is InChI=1S/C37H44N2O3/c1-8-11-22-37(27(4)5)34(40)38(25-28(6)23-32-20-14-12-18-30(32)16-9-2)36(42)39(35(37)41)26-29(7)24-33-21-15-13-19-31(33)17-10-3/h8-10,12-15,18-21,23-24,27H,1-3,11,16-17,22,25-26H2,4-7H3/b28-23+,29-24+. The molecule has 0 spiro atoms. The molecule has 0 bridgehead atoms. The molecule has 2 aromatic carbocycles. The first-order valence-electron chi connectivity index (χ1n) is 14.6. The van der Waals surface area contributed by atoms with E-state index < -0.39 is 23.3 Å². The zero-order chi connectivity index (χ0) is 30.9. The number of carbonyl (C=O) groups excluding carboxylic acids is 3. The molecule has 5 nitrogen and oxygen atoms in total. The van der Waals surface area contributed by atoms with E-state index in [1.54, 1.807) is 6.08 Å². The molecule has 0 radical (unpaired) electrons. The van der Waals surface area contributed by atoms with E-state index in [2.05, 4.69) is 19.7 Å². The first kappa shape index (κ1) is 32.3. The van der Waals surface area contributed by atoms with E-state index in [-0.39, 0.29) is 19.0 Å². The summed E-state index contributed by atoms with van der Waals surface area (Å²) in [4.78, 5) is 44.8. The van der Waals surface area contributed by atoms with E-state index in [1.165, 1.54) is 9.80 Å². The van der Waals surface area contributed by atoms with Gasteiger partial charge in [0.15, 0.2) is 0 Å². The fourth-order valence-corrected chi connectivity index (χ4v) is 5.65. The first-order valence-corrected chi connectivity index (χ1v) is 14.6. The summed E-state index contributed by atoms with van der Waals surface area (Å²) in [6, 6.07) is 15.4. The van der Waals surface area contributed by atoms with Crippen LogP contribution in [0.2, 0.25) is 0 Å². The minimum Gasteiger partial charge on any atom is -0.273 e. The normalized spacial score (nSPS) is 15.8. The first-order chi connectivity index (χ1) is 20.1. The molecule has 2 aromatic rings. The van der Waals surface area contributed by atoms with Crippen LogP contribution < -0.4 is 0 Å². The van der Waals surface area contributed by atoms with E-state index in [0.29, 0.717) is 25.7 Å². The van der Waals surface area contributed by atoms with Crippen molar-refractivity contribution in [2.75, 3.05) is 13.1 Å². The highest BCUT2D eigenvalue weighted by molar-refractivity contribution is 6.19. The lowest BCUT2D eigenvalue weighted by atomic mass is 9.70. The second kappa shape index (κ2) is 14.6. The van der Waals surface area contributed by atoms with Crippen LogP contribution in [-0.2, 0) is 22.4 Å². The summed E-state index contributed by atoms with van der Waals surface area (Å²) < 4.78 is 0. The molecule has 3 rings (SSSR count). The zero-order valence-electron chi connectivity index (χ0n) is 25.6. The van der Waals surface area contributed by atoms with Crippen LogP contribution in [-0.4, -0.2) is 40.7 Å². The molecule has 0 saturated carbocycles. The van der Waals surface area contributed by atoms with Crippen molar-refractivity contribution in [3.8, 4) is 0 Å². The molecule has 42 heavy (non-hydrogen) atoms. The number of imide groups is 2. The number of hydrogen-bond donors (Lipinski definition) is 0. The van der Waals surface area contributed by atoms with Crippen molar-refractivity contribution in [2.45, 2.75) is 53.4 Å². The second-order valence-electron chi connectivity index (χ2n) is 11.4. The predicted molar refractivity (Wildman–Crippen MR) is 174 cm³/mol. The van der Waals surface area contributed by atoms with Crippen molar-refractivity contribution in [3.63, 3.8) is 0 Å². The van der Waals surface area contributed by atoms with E-state index in [0.717, 1.165) is 33.4 Å². The minimum absolute atomic E-state index is 0.0946. The maximum atomic E-state index is 14.2. The van der Waals surface area contributed by atoms with Crippen LogP contribution in [0, 0.1) is 11.3 Å². The van der Waals surface area contributed by atoms with Crippen molar-refractivity contribution >= 4 is 30.0 Å². The number of rotatable bonds is 14. The molecule has 0 aromatic heterocycles. The lowest BCUT2D eigenvalue weighted by molar-refractivity contribution is -0.162. The van der Waals surface area contributed by atoms with Gasteiger partial charge < -0.3 is 0 Å². The number of benzene rings is 2. The summed E-state index contributed by atoms with van der Waals surface area (Å²) >= 11 is 0. The Hall–Kier alpha value is -4.25. The van der Waals surface area contributed by atoms with Crippen LogP contribution in [0.15, 0.2) is 97.6 Å². The third-order valence-electron chi connectivity index (χ3n) is 7.90. The average Bonchev–Trinajstić information content (AvgIpc) is 2.96. The van der Waals surface area contributed by atoms with Gasteiger partial charge in [-0.25, -0.2) is 4.79 Å². The van der Waals surface area contributed by atoms with E-state index in [9.17, 15) is 14.4 Å². The highest BCUT2D eigenvalue weighted by Gasteiger charge is 2.58. The monoisotopic (exact) mass is 564 g/mol. The van der Waals surface area contributed by atoms with E-state index >= 15 is 0 Å². The van der Waals surface area contributed by atoms with Gasteiger partial charge in [-0.3, -0.25) is 19.4 Å². The largest absolute Gasteiger partial charge is 0.334 e. The predicted octanol–water partition coefficient (Wildman–Crippen LogP) is 8.05. The quantitative estimate of drug-likeness (QED) is 0.172. The van der Waals surface area contributed by atoms with E-state index in [1.807, 2.05) is 101 Å². The Kier molecular flexibility index (Phi) is 11.2. The number of hydrogen-bond acceptors (Lipinski definition) is 3. The molecular formula is C37H44N2O3. The summed E-state index contributed by atoms with van der Waals surface area (Å²) in [5.41, 5.74) is 4.57. The minimum atomic E-state index is -1.36. The molecule has 4 amide bonds. The summed E-state index contributed by atoms with van der Waals surface area (Å²) in [6.07, 6.45) is 11.6. The Bertz CT molecular complexity index is 1320. The Morgan fingerprint density at radius 3 is 1.55 bits per heavy atom. The van der Waals surface area contributed by atoms with Gasteiger partial charge in [-0.15, -0.1) is 19.7 Å². The summed E-state index contributed by atoms with van der Waals surface area (Å²) in [6.45, 7) is 19.3. The van der Waals surface area contributed by atoms with Gasteiger partial charge in [0.05, 0.1) is 13.1 Å². The van der Waals surface area contributed by atoms with Gasteiger partial charge in [0, 0.05) is 0 Å². The van der Waals surface area contributed by atoms with Crippen molar-refractivity contribution in [1.82, 2.24) is 9.80 Å². The van der Waals surface area contributed by atoms with Crippen LogP contribution in [0.1, 0.15) is 62.8 Å². The van der Waals surface area contributed by atoms with Gasteiger partial charge >= 0.3 is 6.03 Å². The van der Waals surface area contributed by atoms with Gasteiger partial charge in [0.1, 0.15) is 5.41 Å². The average molecular weight is 565 g/mol. The zero-order valence-corrected chi connectivity index (χ0v) is 25.6. The molecule has 0 unspecified atom stereocenters. The van der Waals surface area contributed by atoms with Gasteiger partial charge in [-0.2, -0.15) is 0 Å². The molecule has 1 saturated heterocycles. The summed E-state index contributed by atoms with van der Waals surface area (Å²) in [7, 11) is 0. The lowest BCUT2D eigenvalue weighted by Crippen LogP contribution is -2.67. The maximum Gasteiger partial charge on any atom is 0.334 e. The summed E-state index contributed by atoms with van der Waals surface area (Å²) in [5, 5.41) is 0. The molecule has 1 heterocycles. The Morgan fingerprint density at radius 1 is 0.738 bits per heavy atom. The van der Waals surface area contributed by atoms with Crippen molar-refractivity contribution < 1.29 is 14.4 Å². The summed E-state index contributed by atoms with van der Waals surface area (Å²) in [5.74, 6) is -1.18. The highest BCUT2D eigenvalue weighted by Crippen LogP contribution is 2.41. The second-order valence-corrected chi connectivity index (χ2v) is 11.4. The molecule has 0 aliphatic carbocycles. The molecule has 1 aliphatic rings. The van der Waals surface area contributed by atoms with Gasteiger partial charge in [-0.1, -0.05) is 104 Å². The number of allylic oxidation sites excluding steroid dienone is 3. The number of amides is 4. The maximum absolute atomic E-state index is 14.2. The molecule has 1 aliphatic heterocycles. The van der Waals surface area contributed by atoms with Crippen LogP contribution in [0.4, 0.5) is 4.79 Å². The molecule has 1 fully saturated rings. The van der Waals surface area contributed by atoms with Crippen LogP contribution in [0.25, 0.3) is 12.2 Å². The van der Waals surface area contributed by atoms with E-state index in [4.69, 9.17) is 0 Å². The fourth-order valence-electron chi connectivity index (χ4n) is 5.65. The van der Waals surface area contributed by atoms with Crippen molar-refractivity contribution in [1.29, 1.82) is 0 Å². The molecular weight excluding hydrogens is 520 g/mol. The molecule has 5 heteroatoms. The third-order valence-corrected chi connectivity index (χ3v) is 7.90. The number of urea groups is 1.